The van der Waals surface area contributed by atoms with Crippen molar-refractivity contribution < 1.29 is 33.2 Å². The van der Waals surface area contributed by atoms with Gasteiger partial charge in [-0.05, 0) is 30.7 Å². The SMILES string of the molecule is COc1ccc2c(c1OC)C(=O)O[C@@H]2[C@@H]1NCCc2cc3c(c(OC)c21)OCO3. The number of hydrogen-bond acceptors (Lipinski definition) is 8. The van der Waals surface area contributed by atoms with Crippen LogP contribution < -0.4 is 29.0 Å². The molecule has 0 saturated heterocycles. The highest BCUT2D eigenvalue weighted by Gasteiger charge is 2.44. The van der Waals surface area contributed by atoms with Crippen molar-refractivity contribution in [2.24, 2.45) is 0 Å². The van der Waals surface area contributed by atoms with E-state index in [-0.39, 0.29) is 12.8 Å². The van der Waals surface area contributed by atoms with Gasteiger partial charge in [0.15, 0.2) is 23.0 Å². The molecule has 2 aromatic rings. The maximum atomic E-state index is 12.8. The first-order valence-electron chi connectivity index (χ1n) is 9.36. The second-order valence-electron chi connectivity index (χ2n) is 6.99. The molecule has 152 valence electrons. The van der Waals surface area contributed by atoms with Crippen molar-refractivity contribution in [3.05, 3.63) is 40.5 Å². The molecular formula is C21H21NO7. The van der Waals surface area contributed by atoms with Crippen LogP contribution in [0.2, 0.25) is 0 Å². The molecule has 0 amide bonds. The number of rotatable bonds is 4. The van der Waals surface area contributed by atoms with Crippen molar-refractivity contribution >= 4 is 5.97 Å². The first-order chi connectivity index (χ1) is 14.2. The lowest BCUT2D eigenvalue weighted by molar-refractivity contribution is 0.0282. The van der Waals surface area contributed by atoms with Crippen molar-refractivity contribution in [1.82, 2.24) is 5.32 Å². The van der Waals surface area contributed by atoms with E-state index in [1.165, 1.54) is 14.2 Å². The molecule has 29 heavy (non-hydrogen) atoms. The third-order valence-corrected chi connectivity index (χ3v) is 5.64. The van der Waals surface area contributed by atoms with Crippen molar-refractivity contribution in [3.63, 3.8) is 0 Å². The van der Waals surface area contributed by atoms with E-state index in [0.717, 1.165) is 29.7 Å². The summed E-state index contributed by atoms with van der Waals surface area (Å²) in [6.07, 6.45) is 0.267. The summed E-state index contributed by atoms with van der Waals surface area (Å²) in [4.78, 5) is 12.8. The smallest absolute Gasteiger partial charge is 0.343 e. The molecule has 0 saturated carbocycles. The molecule has 0 fully saturated rings. The Morgan fingerprint density at radius 2 is 1.90 bits per heavy atom. The van der Waals surface area contributed by atoms with Gasteiger partial charge in [-0.1, -0.05) is 6.07 Å². The van der Waals surface area contributed by atoms with E-state index >= 15 is 0 Å². The molecule has 1 N–H and O–H groups in total. The van der Waals surface area contributed by atoms with Crippen LogP contribution in [0.25, 0.3) is 0 Å². The number of esters is 1. The molecular weight excluding hydrogens is 378 g/mol. The van der Waals surface area contributed by atoms with E-state index in [4.69, 9.17) is 28.4 Å². The number of nitrogens with one attached hydrogen (secondary N) is 1. The predicted octanol–water partition coefficient (Wildman–Crippen LogP) is 2.54. The first kappa shape index (κ1) is 17.9. The van der Waals surface area contributed by atoms with Gasteiger partial charge < -0.3 is 33.7 Å². The monoisotopic (exact) mass is 399 g/mol. The molecule has 0 bridgehead atoms. The predicted molar refractivity (Wildman–Crippen MR) is 101 cm³/mol. The van der Waals surface area contributed by atoms with Crippen LogP contribution in [0.15, 0.2) is 18.2 Å². The Kier molecular flexibility index (Phi) is 4.16. The number of carbonyl (C=O) groups excluding carboxylic acids is 1. The fourth-order valence-corrected chi connectivity index (χ4v) is 4.43. The Labute approximate surface area is 167 Å². The van der Waals surface area contributed by atoms with Gasteiger partial charge in [-0.25, -0.2) is 4.79 Å². The third kappa shape index (κ3) is 2.52. The molecule has 0 unspecified atom stereocenters. The van der Waals surface area contributed by atoms with E-state index in [1.807, 2.05) is 12.1 Å². The molecule has 8 nitrogen and oxygen atoms in total. The van der Waals surface area contributed by atoms with Gasteiger partial charge in [-0.3, -0.25) is 0 Å². The van der Waals surface area contributed by atoms with Gasteiger partial charge in [0, 0.05) is 11.1 Å². The molecule has 2 atom stereocenters. The zero-order valence-electron chi connectivity index (χ0n) is 16.4. The molecule has 3 heterocycles. The Hall–Kier alpha value is -3.13. The number of carbonyl (C=O) groups is 1. The maximum Gasteiger partial charge on any atom is 0.343 e. The van der Waals surface area contributed by atoms with Crippen LogP contribution in [0.3, 0.4) is 0 Å². The quantitative estimate of drug-likeness (QED) is 0.786. The average Bonchev–Trinajstić information content (AvgIpc) is 3.35. The number of methoxy groups -OCH3 is 3. The number of benzene rings is 2. The molecule has 8 heteroatoms. The first-order valence-corrected chi connectivity index (χ1v) is 9.36. The fraction of sp³-hybridized carbons (Fsp3) is 0.381. The van der Waals surface area contributed by atoms with Crippen LogP contribution in [-0.2, 0) is 11.2 Å². The van der Waals surface area contributed by atoms with E-state index in [0.29, 0.717) is 34.3 Å². The van der Waals surface area contributed by atoms with Gasteiger partial charge in [0.05, 0.1) is 27.4 Å². The third-order valence-electron chi connectivity index (χ3n) is 5.64. The summed E-state index contributed by atoms with van der Waals surface area (Å²) in [6.45, 7) is 0.891. The summed E-state index contributed by atoms with van der Waals surface area (Å²) in [6, 6.07) is 5.32. The standard InChI is InChI=1S/C21H21NO7/c1-24-12-5-4-11-15(18(12)25-2)21(23)29-17(11)16-14-10(6-7-22-16)8-13-19(20(14)26-3)28-9-27-13/h4-5,8,16-17,22H,6-7,9H2,1-3H3/t16-,17+/m1/s1. The van der Waals surface area contributed by atoms with Crippen molar-refractivity contribution in [3.8, 4) is 28.7 Å². The van der Waals surface area contributed by atoms with Gasteiger partial charge in [-0.2, -0.15) is 0 Å². The second-order valence-corrected chi connectivity index (χ2v) is 6.99. The summed E-state index contributed by atoms with van der Waals surface area (Å²) < 4.78 is 33.5. The zero-order chi connectivity index (χ0) is 20.1. The van der Waals surface area contributed by atoms with Crippen LogP contribution in [0.1, 0.15) is 39.2 Å². The second kappa shape index (κ2) is 6.73. The lowest BCUT2D eigenvalue weighted by Crippen LogP contribution is -2.34. The average molecular weight is 399 g/mol. The number of cyclic esters (lactones) is 1. The molecule has 0 aliphatic carbocycles. The summed E-state index contributed by atoms with van der Waals surface area (Å²) in [7, 11) is 4.65. The van der Waals surface area contributed by atoms with Crippen molar-refractivity contribution in [2.75, 3.05) is 34.7 Å². The zero-order valence-corrected chi connectivity index (χ0v) is 16.4. The van der Waals surface area contributed by atoms with Crippen LogP contribution in [0.5, 0.6) is 28.7 Å². The highest BCUT2D eigenvalue weighted by Crippen LogP contribution is 2.53. The van der Waals surface area contributed by atoms with Crippen LogP contribution >= 0.6 is 0 Å². The van der Waals surface area contributed by atoms with Crippen LogP contribution in [0.4, 0.5) is 0 Å². The molecule has 5 rings (SSSR count). The normalized spacial score (nSPS) is 21.3. The topological polar surface area (TPSA) is 84.5 Å². The number of ether oxygens (including phenoxy) is 6. The highest BCUT2D eigenvalue weighted by molar-refractivity contribution is 5.98. The minimum atomic E-state index is -0.536. The summed E-state index contributed by atoms with van der Waals surface area (Å²) >= 11 is 0. The van der Waals surface area contributed by atoms with Crippen LogP contribution in [0, 0.1) is 0 Å². The summed E-state index contributed by atoms with van der Waals surface area (Å²) in [5.74, 6) is 2.30. The molecule has 2 aromatic carbocycles. The largest absolute Gasteiger partial charge is 0.493 e. The highest BCUT2D eigenvalue weighted by atomic mass is 16.7. The minimum absolute atomic E-state index is 0.158. The van der Waals surface area contributed by atoms with Gasteiger partial charge in [-0.15, -0.1) is 0 Å². The lowest BCUT2D eigenvalue weighted by atomic mass is 9.86. The van der Waals surface area contributed by atoms with E-state index in [1.54, 1.807) is 13.2 Å². The molecule has 0 aromatic heterocycles. The maximum absolute atomic E-state index is 12.8. The van der Waals surface area contributed by atoms with E-state index < -0.39 is 12.1 Å². The molecule has 3 aliphatic rings. The Bertz CT molecular complexity index is 1000. The van der Waals surface area contributed by atoms with Gasteiger partial charge in [0.1, 0.15) is 11.7 Å². The Balaban J connectivity index is 1.65. The van der Waals surface area contributed by atoms with E-state index in [2.05, 4.69) is 5.32 Å². The Morgan fingerprint density at radius 1 is 1.07 bits per heavy atom. The molecule has 0 spiro atoms. The Morgan fingerprint density at radius 3 is 2.66 bits per heavy atom. The van der Waals surface area contributed by atoms with E-state index in [9.17, 15) is 4.79 Å². The number of fused-ring (bicyclic) bond motifs is 3. The van der Waals surface area contributed by atoms with Gasteiger partial charge in [0.2, 0.25) is 12.5 Å². The van der Waals surface area contributed by atoms with Gasteiger partial charge in [0.25, 0.3) is 0 Å². The lowest BCUT2D eigenvalue weighted by Gasteiger charge is -2.32. The minimum Gasteiger partial charge on any atom is -0.493 e. The molecule has 3 aliphatic heterocycles. The summed E-state index contributed by atoms with van der Waals surface area (Å²) in [5.41, 5.74) is 3.14. The van der Waals surface area contributed by atoms with Crippen LogP contribution in [-0.4, -0.2) is 40.6 Å². The molecule has 0 radical (unpaired) electrons. The van der Waals surface area contributed by atoms with Crippen molar-refractivity contribution in [1.29, 1.82) is 0 Å². The van der Waals surface area contributed by atoms with Crippen molar-refractivity contribution in [2.45, 2.75) is 18.6 Å². The number of hydrogen-bond donors (Lipinski definition) is 1. The summed E-state index contributed by atoms with van der Waals surface area (Å²) in [5, 5.41) is 3.49. The van der Waals surface area contributed by atoms with Gasteiger partial charge >= 0.3 is 5.97 Å². The fourth-order valence-electron chi connectivity index (χ4n) is 4.43.